The van der Waals surface area contributed by atoms with Gasteiger partial charge in [0.25, 0.3) is 0 Å². The first-order valence-electron chi connectivity index (χ1n) is 6.05. The third kappa shape index (κ3) is 2.32. The number of rotatable bonds is 3. The van der Waals surface area contributed by atoms with E-state index >= 15 is 0 Å². The lowest BCUT2D eigenvalue weighted by Gasteiger charge is -2.38. The molecular weight excluding hydrogens is 186 g/mol. The first kappa shape index (κ1) is 10.9. The van der Waals surface area contributed by atoms with Gasteiger partial charge in [0.2, 0.25) is 0 Å². The first-order valence-corrected chi connectivity index (χ1v) is 6.05. The third-order valence-corrected chi connectivity index (χ3v) is 4.11. The molecule has 0 radical (unpaired) electrons. The summed E-state index contributed by atoms with van der Waals surface area (Å²) < 4.78 is 0. The average molecular weight is 207 g/mol. The summed E-state index contributed by atoms with van der Waals surface area (Å²) in [7, 11) is 2.18. The van der Waals surface area contributed by atoms with Crippen molar-refractivity contribution < 1.29 is 0 Å². The van der Waals surface area contributed by atoms with E-state index in [-0.39, 0.29) is 0 Å². The molecule has 3 unspecified atom stereocenters. The Kier molecular flexibility index (Phi) is 3.28. The molecule has 2 saturated heterocycles. The monoisotopic (exact) mass is 207 g/mol. The molecule has 0 aliphatic carbocycles. The van der Waals surface area contributed by atoms with Crippen molar-refractivity contribution in [2.24, 2.45) is 0 Å². The van der Waals surface area contributed by atoms with Crippen LogP contribution in [0.2, 0.25) is 0 Å². The highest BCUT2D eigenvalue weighted by Gasteiger charge is 2.35. The van der Waals surface area contributed by atoms with Crippen molar-refractivity contribution in [2.75, 3.05) is 7.05 Å². The van der Waals surface area contributed by atoms with Crippen LogP contribution in [0.25, 0.3) is 0 Å². The van der Waals surface area contributed by atoms with Crippen molar-refractivity contribution in [1.82, 2.24) is 10.2 Å². The molecule has 0 spiro atoms. The molecule has 15 heavy (non-hydrogen) atoms. The van der Waals surface area contributed by atoms with Crippen LogP contribution in [0.15, 0.2) is 0 Å². The highest BCUT2D eigenvalue weighted by molar-refractivity contribution is 4.96. The van der Waals surface area contributed by atoms with Gasteiger partial charge in [-0.1, -0.05) is 0 Å². The molecule has 2 aliphatic rings. The lowest BCUT2D eigenvalue weighted by Crippen LogP contribution is -2.49. The van der Waals surface area contributed by atoms with Gasteiger partial charge >= 0.3 is 0 Å². The number of nitrogens with one attached hydrogen (secondary N) is 1. The SMILES string of the molecule is CC(CC#N)N(C)C1CC2CCC(C1)N2. The fraction of sp³-hybridized carbons (Fsp3) is 0.917. The van der Waals surface area contributed by atoms with Crippen molar-refractivity contribution in [2.45, 2.75) is 63.2 Å². The summed E-state index contributed by atoms with van der Waals surface area (Å²) in [6, 6.07) is 4.84. The van der Waals surface area contributed by atoms with Crippen molar-refractivity contribution >= 4 is 0 Å². The Balaban J connectivity index is 1.91. The summed E-state index contributed by atoms with van der Waals surface area (Å²) in [6.07, 6.45) is 5.88. The summed E-state index contributed by atoms with van der Waals surface area (Å²) in [4.78, 5) is 2.41. The van der Waals surface area contributed by atoms with Crippen molar-refractivity contribution in [3.8, 4) is 6.07 Å². The van der Waals surface area contributed by atoms with E-state index in [4.69, 9.17) is 5.26 Å². The van der Waals surface area contributed by atoms with Crippen LogP contribution < -0.4 is 5.32 Å². The molecule has 2 aliphatic heterocycles. The van der Waals surface area contributed by atoms with Crippen molar-refractivity contribution in [1.29, 1.82) is 5.26 Å². The highest BCUT2D eigenvalue weighted by atomic mass is 15.2. The van der Waals surface area contributed by atoms with Gasteiger partial charge in [0, 0.05) is 24.2 Å². The molecule has 3 atom stereocenters. The Morgan fingerprint density at radius 2 is 2.00 bits per heavy atom. The summed E-state index contributed by atoms with van der Waals surface area (Å²) in [5.41, 5.74) is 0. The minimum atomic E-state index is 0.400. The van der Waals surface area contributed by atoms with Crippen LogP contribution in [0.5, 0.6) is 0 Å². The zero-order valence-corrected chi connectivity index (χ0v) is 9.74. The lowest BCUT2D eigenvalue weighted by atomic mass is 9.97. The van der Waals surface area contributed by atoms with E-state index in [1.807, 2.05) is 0 Å². The van der Waals surface area contributed by atoms with E-state index in [9.17, 15) is 0 Å². The number of hydrogen-bond acceptors (Lipinski definition) is 3. The Bertz CT molecular complexity index is 246. The van der Waals surface area contributed by atoms with E-state index in [1.54, 1.807) is 0 Å². The fourth-order valence-corrected chi connectivity index (χ4v) is 3.00. The van der Waals surface area contributed by atoms with Crippen LogP contribution in [0.3, 0.4) is 0 Å². The first-order chi connectivity index (χ1) is 7.20. The molecule has 2 bridgehead atoms. The molecule has 2 fully saturated rings. The minimum Gasteiger partial charge on any atom is -0.311 e. The maximum Gasteiger partial charge on any atom is 0.0638 e. The predicted octanol–water partition coefficient (Wildman–Crippen LogP) is 1.50. The zero-order chi connectivity index (χ0) is 10.8. The molecule has 3 heteroatoms. The van der Waals surface area contributed by atoms with Gasteiger partial charge in [-0.3, -0.25) is 4.90 Å². The average Bonchev–Trinajstić information content (AvgIpc) is 2.57. The topological polar surface area (TPSA) is 39.1 Å². The molecular formula is C12H21N3. The second kappa shape index (κ2) is 4.51. The lowest BCUT2D eigenvalue weighted by molar-refractivity contribution is 0.134. The molecule has 2 rings (SSSR count). The largest absolute Gasteiger partial charge is 0.311 e. The van der Waals surface area contributed by atoms with Gasteiger partial charge in [-0.2, -0.15) is 5.26 Å². The summed E-state index contributed by atoms with van der Waals surface area (Å²) in [5.74, 6) is 0. The van der Waals surface area contributed by atoms with E-state index in [2.05, 4.69) is 30.3 Å². The molecule has 3 nitrogen and oxygen atoms in total. The number of nitriles is 1. The van der Waals surface area contributed by atoms with Crippen LogP contribution in [-0.4, -0.2) is 36.1 Å². The molecule has 0 amide bonds. The molecule has 0 aromatic rings. The smallest absolute Gasteiger partial charge is 0.0638 e. The summed E-state index contributed by atoms with van der Waals surface area (Å²) >= 11 is 0. The van der Waals surface area contributed by atoms with Crippen LogP contribution in [-0.2, 0) is 0 Å². The Morgan fingerprint density at radius 3 is 2.53 bits per heavy atom. The number of piperidine rings is 1. The number of fused-ring (bicyclic) bond motifs is 2. The second-order valence-corrected chi connectivity index (χ2v) is 5.14. The number of nitrogens with zero attached hydrogens (tertiary/aromatic N) is 2. The molecule has 0 aromatic carbocycles. The van der Waals surface area contributed by atoms with E-state index in [0.717, 1.165) is 12.1 Å². The van der Waals surface area contributed by atoms with Gasteiger partial charge in [0.15, 0.2) is 0 Å². The third-order valence-electron chi connectivity index (χ3n) is 4.11. The molecule has 1 N–H and O–H groups in total. The Morgan fingerprint density at radius 1 is 1.40 bits per heavy atom. The second-order valence-electron chi connectivity index (χ2n) is 5.14. The Labute approximate surface area is 92.4 Å². The normalized spacial score (nSPS) is 36.5. The molecule has 2 heterocycles. The van der Waals surface area contributed by atoms with Crippen molar-refractivity contribution in [3.63, 3.8) is 0 Å². The fourth-order valence-electron chi connectivity index (χ4n) is 3.00. The zero-order valence-electron chi connectivity index (χ0n) is 9.74. The highest BCUT2D eigenvalue weighted by Crippen LogP contribution is 2.30. The van der Waals surface area contributed by atoms with E-state index in [0.29, 0.717) is 18.5 Å². The van der Waals surface area contributed by atoms with Gasteiger partial charge in [-0.25, -0.2) is 0 Å². The summed E-state index contributed by atoms with van der Waals surface area (Å²) in [5, 5.41) is 12.4. The summed E-state index contributed by atoms with van der Waals surface area (Å²) in [6.45, 7) is 2.16. The van der Waals surface area contributed by atoms with Crippen LogP contribution >= 0.6 is 0 Å². The van der Waals surface area contributed by atoms with Crippen LogP contribution in [0.4, 0.5) is 0 Å². The standard InChI is InChI=1S/C12H21N3/c1-9(5-6-13)15(2)12-7-10-3-4-11(8-12)14-10/h9-12,14H,3-5,7-8H2,1-2H3. The Hall–Kier alpha value is -0.590. The van der Waals surface area contributed by atoms with E-state index < -0.39 is 0 Å². The van der Waals surface area contributed by atoms with Gasteiger partial charge in [0.05, 0.1) is 12.5 Å². The van der Waals surface area contributed by atoms with Gasteiger partial charge in [-0.15, -0.1) is 0 Å². The molecule has 84 valence electrons. The maximum absolute atomic E-state index is 8.71. The molecule has 0 aromatic heterocycles. The quantitative estimate of drug-likeness (QED) is 0.762. The maximum atomic E-state index is 8.71. The van der Waals surface area contributed by atoms with Crippen LogP contribution in [0, 0.1) is 11.3 Å². The van der Waals surface area contributed by atoms with Gasteiger partial charge < -0.3 is 5.32 Å². The predicted molar refractivity (Wildman–Crippen MR) is 60.4 cm³/mol. The van der Waals surface area contributed by atoms with Crippen molar-refractivity contribution in [3.05, 3.63) is 0 Å². The van der Waals surface area contributed by atoms with Gasteiger partial charge in [0.1, 0.15) is 0 Å². The molecule has 0 saturated carbocycles. The number of hydrogen-bond donors (Lipinski definition) is 1. The van der Waals surface area contributed by atoms with Gasteiger partial charge in [-0.05, 0) is 39.7 Å². The van der Waals surface area contributed by atoms with E-state index in [1.165, 1.54) is 25.7 Å². The van der Waals surface area contributed by atoms with Crippen LogP contribution in [0.1, 0.15) is 39.0 Å². The minimum absolute atomic E-state index is 0.400.